The van der Waals surface area contributed by atoms with Gasteiger partial charge in [-0.25, -0.2) is 9.97 Å². The average Bonchev–Trinajstić information content (AvgIpc) is 2.70. The van der Waals surface area contributed by atoms with E-state index in [4.69, 9.17) is 21.8 Å². The van der Waals surface area contributed by atoms with Gasteiger partial charge in [-0.05, 0) is 26.0 Å². The summed E-state index contributed by atoms with van der Waals surface area (Å²) in [5.74, 6) is 1.88. The Morgan fingerprint density at radius 3 is 2.88 bits per heavy atom. The summed E-state index contributed by atoms with van der Waals surface area (Å²) >= 11 is 5.80. The average molecular weight is 253 g/mol. The van der Waals surface area contributed by atoms with Gasteiger partial charge >= 0.3 is 0 Å². The quantitative estimate of drug-likeness (QED) is 0.822. The molecule has 0 bridgehead atoms. The van der Waals surface area contributed by atoms with Crippen molar-refractivity contribution in [2.45, 2.75) is 19.9 Å². The van der Waals surface area contributed by atoms with Crippen molar-refractivity contribution in [2.24, 2.45) is 0 Å². The van der Waals surface area contributed by atoms with E-state index >= 15 is 0 Å². The third-order valence-electron chi connectivity index (χ3n) is 2.26. The van der Waals surface area contributed by atoms with Crippen LogP contribution in [0.4, 0.5) is 11.5 Å². The number of oxazole rings is 1. The maximum Gasteiger partial charge on any atom is 0.216 e. The highest BCUT2D eigenvalue weighted by atomic mass is 35.5. The van der Waals surface area contributed by atoms with Crippen LogP contribution in [0.1, 0.15) is 24.6 Å². The van der Waals surface area contributed by atoms with Gasteiger partial charge in [-0.3, -0.25) is 0 Å². The number of hydrogen-bond donors (Lipinski definition) is 2. The first kappa shape index (κ1) is 11.7. The zero-order valence-electron chi connectivity index (χ0n) is 9.57. The molecular weight excluding hydrogens is 240 g/mol. The summed E-state index contributed by atoms with van der Waals surface area (Å²) in [6.45, 7) is 3.75. The highest BCUT2D eigenvalue weighted by Crippen LogP contribution is 2.23. The fourth-order valence-electron chi connectivity index (χ4n) is 1.40. The molecule has 1 unspecified atom stereocenters. The molecule has 0 aliphatic rings. The lowest BCUT2D eigenvalue weighted by molar-refractivity contribution is 0.453. The van der Waals surface area contributed by atoms with E-state index < -0.39 is 0 Å². The Labute approximate surface area is 104 Å². The summed E-state index contributed by atoms with van der Waals surface area (Å²) in [7, 11) is 0. The maximum atomic E-state index is 5.80. The standard InChI is InChI=1S/C11H13ClN4O/c1-6-5-14-11(17-6)7(2)15-10-8(13)3-4-9(12)16-10/h3-5,7H,13H2,1-2H3,(H,15,16). The minimum Gasteiger partial charge on any atom is -0.444 e. The number of anilines is 2. The minimum atomic E-state index is -0.128. The van der Waals surface area contributed by atoms with Crippen molar-refractivity contribution in [3.63, 3.8) is 0 Å². The summed E-state index contributed by atoms with van der Waals surface area (Å²) in [5.41, 5.74) is 6.32. The molecule has 0 aliphatic heterocycles. The van der Waals surface area contributed by atoms with Crippen molar-refractivity contribution in [2.75, 3.05) is 11.1 Å². The molecule has 0 saturated heterocycles. The molecule has 0 saturated carbocycles. The highest BCUT2D eigenvalue weighted by molar-refractivity contribution is 6.29. The fourth-order valence-corrected chi connectivity index (χ4v) is 1.55. The predicted octanol–water partition coefficient (Wildman–Crippen LogP) is 2.79. The van der Waals surface area contributed by atoms with Gasteiger partial charge in [0.15, 0.2) is 5.82 Å². The molecule has 0 amide bonds. The first-order chi connectivity index (χ1) is 8.06. The molecule has 0 spiro atoms. The van der Waals surface area contributed by atoms with Crippen LogP contribution in [0.25, 0.3) is 0 Å². The number of pyridine rings is 1. The Bertz CT molecular complexity index is 526. The van der Waals surface area contributed by atoms with Crippen molar-refractivity contribution in [3.05, 3.63) is 35.1 Å². The second-order valence-electron chi connectivity index (χ2n) is 3.75. The monoisotopic (exact) mass is 252 g/mol. The van der Waals surface area contributed by atoms with Crippen molar-refractivity contribution in [1.82, 2.24) is 9.97 Å². The number of hydrogen-bond acceptors (Lipinski definition) is 5. The molecule has 0 aliphatic carbocycles. The van der Waals surface area contributed by atoms with E-state index in [0.717, 1.165) is 5.76 Å². The number of aryl methyl sites for hydroxylation is 1. The Morgan fingerprint density at radius 2 is 2.24 bits per heavy atom. The van der Waals surface area contributed by atoms with Gasteiger partial charge in [-0.1, -0.05) is 11.6 Å². The fraction of sp³-hybridized carbons (Fsp3) is 0.273. The van der Waals surface area contributed by atoms with Gasteiger partial charge in [0.2, 0.25) is 5.89 Å². The van der Waals surface area contributed by atoms with Crippen LogP contribution in [0.3, 0.4) is 0 Å². The third-order valence-corrected chi connectivity index (χ3v) is 2.47. The zero-order chi connectivity index (χ0) is 12.4. The lowest BCUT2D eigenvalue weighted by Gasteiger charge is -2.12. The van der Waals surface area contributed by atoms with E-state index in [2.05, 4.69) is 15.3 Å². The molecule has 2 rings (SSSR count). The highest BCUT2D eigenvalue weighted by Gasteiger charge is 2.13. The van der Waals surface area contributed by atoms with Crippen LogP contribution in [0.5, 0.6) is 0 Å². The van der Waals surface area contributed by atoms with Gasteiger partial charge in [0, 0.05) is 0 Å². The van der Waals surface area contributed by atoms with Crippen LogP contribution in [0, 0.1) is 6.92 Å². The number of nitrogens with two attached hydrogens (primary N) is 1. The molecule has 90 valence electrons. The van der Waals surface area contributed by atoms with E-state index in [1.54, 1.807) is 18.3 Å². The Hall–Kier alpha value is -1.75. The number of aromatic nitrogens is 2. The van der Waals surface area contributed by atoms with Gasteiger partial charge in [0.1, 0.15) is 17.0 Å². The first-order valence-electron chi connectivity index (χ1n) is 5.17. The van der Waals surface area contributed by atoms with Gasteiger partial charge in [-0.2, -0.15) is 0 Å². The van der Waals surface area contributed by atoms with Crippen LogP contribution in [0.15, 0.2) is 22.7 Å². The van der Waals surface area contributed by atoms with Crippen LogP contribution in [-0.2, 0) is 0 Å². The number of rotatable bonds is 3. The normalized spacial score (nSPS) is 12.4. The minimum absolute atomic E-state index is 0.128. The van der Waals surface area contributed by atoms with E-state index in [9.17, 15) is 0 Å². The smallest absolute Gasteiger partial charge is 0.216 e. The number of nitrogens with zero attached hydrogens (tertiary/aromatic N) is 2. The van der Waals surface area contributed by atoms with E-state index in [1.165, 1.54) is 0 Å². The molecule has 0 radical (unpaired) electrons. The lowest BCUT2D eigenvalue weighted by atomic mass is 10.3. The topological polar surface area (TPSA) is 77.0 Å². The number of nitrogens with one attached hydrogen (secondary N) is 1. The summed E-state index contributed by atoms with van der Waals surface area (Å²) < 4.78 is 5.41. The molecule has 1 atom stereocenters. The molecule has 0 fully saturated rings. The van der Waals surface area contributed by atoms with Gasteiger partial charge < -0.3 is 15.5 Å². The summed E-state index contributed by atoms with van der Waals surface area (Å²) in [5, 5.41) is 3.49. The van der Waals surface area contributed by atoms with E-state index in [1.807, 2.05) is 13.8 Å². The van der Waals surface area contributed by atoms with Crippen LogP contribution < -0.4 is 11.1 Å². The molecule has 3 N–H and O–H groups in total. The molecule has 5 nitrogen and oxygen atoms in total. The predicted molar refractivity (Wildman–Crippen MR) is 66.9 cm³/mol. The van der Waals surface area contributed by atoms with Crippen LogP contribution in [-0.4, -0.2) is 9.97 Å². The summed E-state index contributed by atoms with van der Waals surface area (Å²) in [4.78, 5) is 8.24. The molecule has 2 aromatic heterocycles. The molecular formula is C11H13ClN4O. The largest absolute Gasteiger partial charge is 0.444 e. The summed E-state index contributed by atoms with van der Waals surface area (Å²) in [6, 6.07) is 3.21. The second-order valence-corrected chi connectivity index (χ2v) is 4.13. The Kier molecular flexibility index (Phi) is 3.19. The second kappa shape index (κ2) is 4.63. The van der Waals surface area contributed by atoms with Gasteiger partial charge in [0.05, 0.1) is 11.9 Å². The zero-order valence-corrected chi connectivity index (χ0v) is 10.3. The van der Waals surface area contributed by atoms with Crippen molar-refractivity contribution < 1.29 is 4.42 Å². The van der Waals surface area contributed by atoms with Crippen molar-refractivity contribution in [3.8, 4) is 0 Å². The van der Waals surface area contributed by atoms with E-state index in [0.29, 0.717) is 22.5 Å². The Morgan fingerprint density at radius 1 is 1.47 bits per heavy atom. The summed E-state index contributed by atoms with van der Waals surface area (Å²) in [6.07, 6.45) is 1.67. The van der Waals surface area contributed by atoms with E-state index in [-0.39, 0.29) is 6.04 Å². The molecule has 2 heterocycles. The molecule has 2 aromatic rings. The van der Waals surface area contributed by atoms with Crippen LogP contribution >= 0.6 is 11.6 Å². The molecule has 0 aromatic carbocycles. The lowest BCUT2D eigenvalue weighted by Crippen LogP contribution is -2.10. The van der Waals surface area contributed by atoms with Crippen molar-refractivity contribution >= 4 is 23.1 Å². The third kappa shape index (κ3) is 2.68. The maximum absolute atomic E-state index is 5.80. The first-order valence-corrected chi connectivity index (χ1v) is 5.55. The van der Waals surface area contributed by atoms with Gasteiger partial charge in [-0.15, -0.1) is 0 Å². The Balaban J connectivity index is 2.18. The van der Waals surface area contributed by atoms with Gasteiger partial charge in [0.25, 0.3) is 0 Å². The molecule has 17 heavy (non-hydrogen) atoms. The molecule has 6 heteroatoms. The number of halogens is 1. The number of nitrogen functional groups attached to an aromatic ring is 1. The van der Waals surface area contributed by atoms with Crippen LogP contribution in [0.2, 0.25) is 5.15 Å². The van der Waals surface area contributed by atoms with Crippen molar-refractivity contribution in [1.29, 1.82) is 0 Å². The SMILES string of the molecule is Cc1cnc(C(C)Nc2nc(Cl)ccc2N)o1.